The minimum absolute atomic E-state index is 0.135. The summed E-state index contributed by atoms with van der Waals surface area (Å²) in [6, 6.07) is 7.86. The monoisotopic (exact) mass is 509 g/mol. The molecule has 1 heterocycles. The molecular formula is C32H47NO4. The van der Waals surface area contributed by atoms with E-state index in [2.05, 4.69) is 24.8 Å². The number of benzene rings is 1. The molecule has 6 rings (SSSR count). The van der Waals surface area contributed by atoms with E-state index in [-0.39, 0.29) is 17.4 Å². The topological polar surface area (TPSA) is 62.2 Å². The molecule has 5 nitrogen and oxygen atoms in total. The molecule has 204 valence electrons. The van der Waals surface area contributed by atoms with Gasteiger partial charge in [-0.25, -0.2) is 0 Å². The van der Waals surface area contributed by atoms with Crippen molar-refractivity contribution in [2.24, 2.45) is 22.7 Å². The Bertz CT molecular complexity index is 1020. The molecule has 0 bridgehead atoms. The fourth-order valence-electron chi connectivity index (χ4n) is 9.48. The van der Waals surface area contributed by atoms with Crippen LogP contribution in [0, 0.1) is 22.7 Å². The van der Waals surface area contributed by atoms with Gasteiger partial charge >= 0.3 is 0 Å². The van der Waals surface area contributed by atoms with Crippen molar-refractivity contribution in [3.8, 4) is 5.75 Å². The molecule has 1 saturated heterocycles. The van der Waals surface area contributed by atoms with Crippen LogP contribution >= 0.6 is 0 Å². The molecule has 0 spiro atoms. The van der Waals surface area contributed by atoms with Crippen molar-refractivity contribution >= 4 is 0 Å². The molecule has 2 N–H and O–H groups in total. The van der Waals surface area contributed by atoms with Crippen molar-refractivity contribution in [1.29, 1.82) is 0 Å². The number of allylic oxidation sites excluding steroid dienone is 1. The molecule has 1 aromatic carbocycles. The second-order valence-corrected chi connectivity index (χ2v) is 13.2. The van der Waals surface area contributed by atoms with Gasteiger partial charge in [-0.2, -0.15) is 0 Å². The Morgan fingerprint density at radius 1 is 0.919 bits per heavy atom. The minimum atomic E-state index is -1.02. The Kier molecular flexibility index (Phi) is 6.54. The summed E-state index contributed by atoms with van der Waals surface area (Å²) >= 11 is 0. The van der Waals surface area contributed by atoms with Crippen LogP contribution in [0.5, 0.6) is 5.75 Å². The van der Waals surface area contributed by atoms with E-state index >= 15 is 0 Å². The molecule has 4 fully saturated rings. The normalized spacial score (nSPS) is 43.6. The smallest absolute Gasteiger partial charge is 0.118 e. The van der Waals surface area contributed by atoms with Crippen LogP contribution < -0.4 is 4.74 Å². The third-order valence-electron chi connectivity index (χ3n) is 11.9. The highest BCUT2D eigenvalue weighted by atomic mass is 16.5. The Balaban J connectivity index is 1.20. The van der Waals surface area contributed by atoms with Crippen molar-refractivity contribution in [2.45, 2.75) is 95.4 Å². The number of likely N-dealkylation sites (tertiary alicyclic amines) is 1. The van der Waals surface area contributed by atoms with Crippen LogP contribution in [0.4, 0.5) is 0 Å². The number of rotatable bonds is 6. The van der Waals surface area contributed by atoms with Gasteiger partial charge in [0, 0.05) is 12.0 Å². The quantitative estimate of drug-likeness (QED) is 0.500. The summed E-state index contributed by atoms with van der Waals surface area (Å²) in [7, 11) is 1.67. The molecule has 0 aromatic heterocycles. The molecule has 37 heavy (non-hydrogen) atoms. The summed E-state index contributed by atoms with van der Waals surface area (Å²) in [5.41, 5.74) is 0.207. The van der Waals surface area contributed by atoms with Crippen molar-refractivity contribution in [3.63, 3.8) is 0 Å². The van der Waals surface area contributed by atoms with Crippen molar-refractivity contribution in [2.75, 3.05) is 33.4 Å². The van der Waals surface area contributed by atoms with E-state index in [0.717, 1.165) is 63.0 Å². The fourth-order valence-corrected chi connectivity index (χ4v) is 9.48. The molecule has 0 amide bonds. The maximum atomic E-state index is 12.5. The Hall–Kier alpha value is -1.40. The van der Waals surface area contributed by atoms with E-state index in [9.17, 15) is 10.2 Å². The molecule has 3 saturated carbocycles. The second kappa shape index (κ2) is 9.36. The maximum Gasteiger partial charge on any atom is 0.118 e. The van der Waals surface area contributed by atoms with Gasteiger partial charge in [-0.3, -0.25) is 0 Å². The summed E-state index contributed by atoms with van der Waals surface area (Å²) in [4.78, 5) is 2.53. The molecule has 5 heteroatoms. The lowest BCUT2D eigenvalue weighted by atomic mass is 9.44. The molecule has 5 aliphatic rings. The van der Waals surface area contributed by atoms with E-state index in [1.54, 1.807) is 12.7 Å². The van der Waals surface area contributed by atoms with Crippen LogP contribution in [0.2, 0.25) is 0 Å². The molecule has 0 unspecified atom stereocenters. The minimum Gasteiger partial charge on any atom is -0.497 e. The lowest BCUT2D eigenvalue weighted by Gasteiger charge is -2.62. The zero-order valence-corrected chi connectivity index (χ0v) is 23.2. The molecule has 1 aliphatic heterocycles. The third kappa shape index (κ3) is 3.86. The number of nitrogens with zero attached hydrogens (tertiary/aromatic N) is 1. The van der Waals surface area contributed by atoms with Crippen molar-refractivity contribution in [1.82, 2.24) is 4.90 Å². The van der Waals surface area contributed by atoms with Gasteiger partial charge in [-0.05, 0) is 112 Å². The zero-order chi connectivity index (χ0) is 25.9. The van der Waals surface area contributed by atoms with E-state index in [1.807, 2.05) is 24.3 Å². The summed E-state index contributed by atoms with van der Waals surface area (Å²) < 4.78 is 11.7. The lowest BCUT2D eigenvalue weighted by Crippen LogP contribution is -2.63. The van der Waals surface area contributed by atoms with Gasteiger partial charge in [-0.15, -0.1) is 0 Å². The van der Waals surface area contributed by atoms with Gasteiger partial charge < -0.3 is 24.6 Å². The van der Waals surface area contributed by atoms with Crippen LogP contribution in [0.25, 0.3) is 0 Å². The molecule has 0 radical (unpaired) electrons. The highest BCUT2D eigenvalue weighted by Gasteiger charge is 2.71. The standard InChI is InChI=1S/C32H47NO4/c1-29-14-12-26(37-21-20-33-18-4-5-19-33)22-24(29)8-11-28-27(29)13-15-30(2)31(34,16-17-32(28,30)35)23-6-9-25(36-3)10-7-23/h6-7,9-10,22,26-28,34-35H,4-5,8,11-21H2,1-3H3/t26-,27-,28+,29-,30+,31-,32-/m0/s1. The third-order valence-corrected chi connectivity index (χ3v) is 11.9. The first-order valence-electron chi connectivity index (χ1n) is 14.9. The highest BCUT2D eigenvalue weighted by molar-refractivity contribution is 5.37. The van der Waals surface area contributed by atoms with Gasteiger partial charge in [0.2, 0.25) is 0 Å². The lowest BCUT2D eigenvalue weighted by molar-refractivity contribution is -0.222. The van der Waals surface area contributed by atoms with E-state index < -0.39 is 16.6 Å². The zero-order valence-electron chi connectivity index (χ0n) is 23.2. The first-order valence-corrected chi connectivity index (χ1v) is 14.9. The second-order valence-electron chi connectivity index (χ2n) is 13.2. The van der Waals surface area contributed by atoms with E-state index in [4.69, 9.17) is 9.47 Å². The van der Waals surface area contributed by atoms with Crippen LogP contribution in [0.15, 0.2) is 35.9 Å². The van der Waals surface area contributed by atoms with Crippen LogP contribution in [0.3, 0.4) is 0 Å². The van der Waals surface area contributed by atoms with E-state index in [1.165, 1.54) is 25.9 Å². The van der Waals surface area contributed by atoms with E-state index in [0.29, 0.717) is 18.8 Å². The summed E-state index contributed by atoms with van der Waals surface area (Å²) in [5, 5.41) is 24.7. The van der Waals surface area contributed by atoms with Crippen LogP contribution in [0.1, 0.15) is 83.6 Å². The summed E-state index contributed by atoms with van der Waals surface area (Å²) in [6.45, 7) is 8.98. The SMILES string of the molecule is COc1ccc([C@@]2(O)CC[C@]3(O)[C@@H]4CCC5=C[C@@H](OCCN6CCCC6)CC[C@]5(C)[C@H]4CC[C@]23C)cc1. The van der Waals surface area contributed by atoms with Crippen molar-refractivity contribution < 1.29 is 19.7 Å². The predicted molar refractivity (Wildman–Crippen MR) is 145 cm³/mol. The first-order chi connectivity index (χ1) is 17.7. The first kappa shape index (κ1) is 25.9. The summed E-state index contributed by atoms with van der Waals surface area (Å²) in [5.74, 6) is 1.49. The number of aliphatic hydroxyl groups is 2. The van der Waals surface area contributed by atoms with Gasteiger partial charge in [0.1, 0.15) is 5.75 Å². The van der Waals surface area contributed by atoms with Crippen LogP contribution in [-0.4, -0.2) is 60.2 Å². The number of hydrogen-bond donors (Lipinski definition) is 2. The highest BCUT2D eigenvalue weighted by Crippen LogP contribution is 2.71. The fraction of sp³-hybridized carbons (Fsp3) is 0.750. The Labute approximate surface area is 223 Å². The van der Waals surface area contributed by atoms with Crippen molar-refractivity contribution in [3.05, 3.63) is 41.5 Å². The van der Waals surface area contributed by atoms with Gasteiger partial charge in [-0.1, -0.05) is 37.6 Å². The number of hydrogen-bond acceptors (Lipinski definition) is 5. The predicted octanol–water partition coefficient (Wildman–Crippen LogP) is 5.44. The molecule has 7 atom stereocenters. The average Bonchev–Trinajstić information content (AvgIpc) is 3.50. The molecule has 4 aliphatic carbocycles. The maximum absolute atomic E-state index is 12.5. The average molecular weight is 510 g/mol. The Morgan fingerprint density at radius 2 is 1.68 bits per heavy atom. The molecule has 1 aromatic rings. The Morgan fingerprint density at radius 3 is 2.41 bits per heavy atom. The van der Waals surface area contributed by atoms with Crippen LogP contribution in [-0.2, 0) is 10.3 Å². The molecular weight excluding hydrogens is 462 g/mol. The number of methoxy groups -OCH3 is 1. The number of ether oxygens (including phenoxy) is 2. The summed E-state index contributed by atoms with van der Waals surface area (Å²) in [6.07, 6.45) is 12.8. The number of fused-ring (bicyclic) bond motifs is 5. The van der Waals surface area contributed by atoms with Gasteiger partial charge in [0.15, 0.2) is 0 Å². The van der Waals surface area contributed by atoms with Gasteiger partial charge in [0.25, 0.3) is 0 Å². The van der Waals surface area contributed by atoms with Gasteiger partial charge in [0.05, 0.1) is 31.0 Å². The largest absolute Gasteiger partial charge is 0.497 e.